The van der Waals surface area contributed by atoms with Gasteiger partial charge in [0.05, 0.1) is 39.6 Å². The Bertz CT molecular complexity index is 1790. The highest BCUT2D eigenvalue weighted by Gasteiger charge is 2.29. The van der Waals surface area contributed by atoms with E-state index in [2.05, 4.69) is 26.1 Å². The molecule has 0 aliphatic heterocycles. The number of nitrogens with zero attached hydrogens (tertiary/aromatic N) is 3. The Morgan fingerprint density at radius 2 is 1.80 bits per heavy atom. The quantitative estimate of drug-likeness (QED) is 0.188. The molecule has 0 fully saturated rings. The number of hydrogen-bond acceptors (Lipinski definition) is 9. The SMILES string of the molecule is COc1cc2c(c(OC)c1OC)-c1ccc(NCC(=O)NCCCCCc3nnc4ccccn34)c(=O)cc1[C@@H](NC(C)=O)CC2. The topological polar surface area (TPSA) is 145 Å². The van der Waals surface area contributed by atoms with E-state index in [-0.39, 0.29) is 29.5 Å². The molecule has 12 heteroatoms. The van der Waals surface area contributed by atoms with Crippen molar-refractivity contribution in [3.8, 4) is 28.4 Å². The Hall–Kier alpha value is -5.13. The third kappa shape index (κ3) is 7.06. The number of methoxy groups -OCH3 is 3. The lowest BCUT2D eigenvalue weighted by Gasteiger charge is -2.19. The first kappa shape index (κ1) is 32.3. The van der Waals surface area contributed by atoms with E-state index in [0.29, 0.717) is 42.2 Å². The number of aryl methyl sites for hydroxylation is 2. The van der Waals surface area contributed by atoms with Gasteiger partial charge in [-0.15, -0.1) is 10.2 Å². The van der Waals surface area contributed by atoms with Gasteiger partial charge in [-0.05, 0) is 72.7 Å². The maximum Gasteiger partial charge on any atom is 0.239 e. The summed E-state index contributed by atoms with van der Waals surface area (Å²) in [5.74, 6) is 1.95. The average Bonchev–Trinajstić information content (AvgIpc) is 3.32. The summed E-state index contributed by atoms with van der Waals surface area (Å²) in [7, 11) is 4.66. The second-order valence-corrected chi connectivity index (χ2v) is 11.2. The molecule has 0 bridgehead atoms. The largest absolute Gasteiger partial charge is 0.493 e. The molecule has 0 saturated carbocycles. The fourth-order valence-electron chi connectivity index (χ4n) is 5.97. The van der Waals surface area contributed by atoms with Crippen LogP contribution in [-0.4, -0.2) is 60.8 Å². The van der Waals surface area contributed by atoms with Gasteiger partial charge < -0.3 is 30.2 Å². The van der Waals surface area contributed by atoms with Crippen LogP contribution in [0.5, 0.6) is 17.2 Å². The second-order valence-electron chi connectivity index (χ2n) is 11.2. The minimum Gasteiger partial charge on any atom is -0.493 e. The summed E-state index contributed by atoms with van der Waals surface area (Å²) in [5, 5.41) is 17.4. The summed E-state index contributed by atoms with van der Waals surface area (Å²) in [6.07, 6.45) is 6.61. The molecule has 2 amide bonds. The molecular formula is C34H40N6O6. The highest BCUT2D eigenvalue weighted by atomic mass is 16.5. The van der Waals surface area contributed by atoms with Crippen molar-refractivity contribution in [2.24, 2.45) is 0 Å². The number of hydrogen-bond donors (Lipinski definition) is 3. The summed E-state index contributed by atoms with van der Waals surface area (Å²) in [6, 6.07) is 12.3. The van der Waals surface area contributed by atoms with E-state index < -0.39 is 6.04 Å². The number of nitrogens with one attached hydrogen (secondary N) is 3. The Kier molecular flexibility index (Phi) is 10.4. The molecule has 4 aromatic rings. The average molecular weight is 629 g/mol. The molecule has 242 valence electrons. The van der Waals surface area contributed by atoms with E-state index >= 15 is 0 Å². The minimum atomic E-state index is -0.415. The van der Waals surface area contributed by atoms with Gasteiger partial charge in [-0.1, -0.05) is 18.6 Å². The monoisotopic (exact) mass is 628 g/mol. The third-order valence-electron chi connectivity index (χ3n) is 8.14. The molecule has 1 aliphatic carbocycles. The zero-order valence-electron chi connectivity index (χ0n) is 26.6. The zero-order valence-corrected chi connectivity index (χ0v) is 26.6. The Morgan fingerprint density at radius 3 is 2.57 bits per heavy atom. The highest BCUT2D eigenvalue weighted by Crippen LogP contribution is 2.50. The predicted molar refractivity (Wildman–Crippen MR) is 175 cm³/mol. The van der Waals surface area contributed by atoms with Crippen LogP contribution >= 0.6 is 0 Å². The number of carbonyl (C=O) groups excluding carboxylic acids is 2. The van der Waals surface area contributed by atoms with Gasteiger partial charge in [0.2, 0.25) is 23.0 Å². The fourth-order valence-corrected chi connectivity index (χ4v) is 5.97. The molecule has 12 nitrogen and oxygen atoms in total. The molecule has 46 heavy (non-hydrogen) atoms. The zero-order chi connectivity index (χ0) is 32.6. The van der Waals surface area contributed by atoms with E-state index in [0.717, 1.165) is 53.8 Å². The van der Waals surface area contributed by atoms with Gasteiger partial charge in [-0.2, -0.15) is 0 Å². The van der Waals surface area contributed by atoms with Crippen molar-refractivity contribution in [3.63, 3.8) is 0 Å². The third-order valence-corrected chi connectivity index (χ3v) is 8.14. The first-order valence-corrected chi connectivity index (χ1v) is 15.4. The number of ether oxygens (including phenoxy) is 3. The molecule has 2 aromatic carbocycles. The maximum atomic E-state index is 13.5. The summed E-state index contributed by atoms with van der Waals surface area (Å²) in [4.78, 5) is 38.3. The van der Waals surface area contributed by atoms with Gasteiger partial charge in [-0.3, -0.25) is 18.8 Å². The second kappa shape index (κ2) is 14.8. The number of anilines is 1. The highest BCUT2D eigenvalue weighted by molar-refractivity contribution is 5.84. The van der Waals surface area contributed by atoms with Crippen LogP contribution in [0.2, 0.25) is 0 Å². The van der Waals surface area contributed by atoms with Gasteiger partial charge in [0, 0.05) is 31.6 Å². The predicted octanol–water partition coefficient (Wildman–Crippen LogP) is 3.85. The molecule has 0 spiro atoms. The summed E-state index contributed by atoms with van der Waals surface area (Å²) >= 11 is 0. The van der Waals surface area contributed by atoms with Crippen LogP contribution in [0.1, 0.15) is 55.6 Å². The Balaban J connectivity index is 1.27. The summed E-state index contributed by atoms with van der Waals surface area (Å²) < 4.78 is 19.0. The molecule has 1 atom stereocenters. The number of benzene rings is 1. The van der Waals surface area contributed by atoms with Crippen LogP contribution in [0.25, 0.3) is 16.8 Å². The fraction of sp³-hybridized carbons (Fsp3) is 0.382. The van der Waals surface area contributed by atoms with Crippen molar-refractivity contribution in [2.75, 3.05) is 39.7 Å². The first-order valence-electron chi connectivity index (χ1n) is 15.4. The van der Waals surface area contributed by atoms with Gasteiger partial charge in [-0.25, -0.2) is 0 Å². The standard InChI is InChI=1S/C34H40N6O6/c1-21(41)37-25-14-12-22-18-28(44-2)33(45-3)34(46-4)32(22)23-13-15-26(27(42)19-24(23)25)36-20-31(43)35-16-8-5-6-10-29-38-39-30-11-7-9-17-40(29)30/h7,9,11,13,15,17-19,25H,5-6,8,10,12,14,16,20H2,1-4H3,(H,35,43)(H,36,42)(H,37,41)/t25-/m0/s1. The number of pyridine rings is 1. The van der Waals surface area contributed by atoms with Crippen LogP contribution in [-0.2, 0) is 22.4 Å². The maximum absolute atomic E-state index is 13.5. The molecule has 2 heterocycles. The van der Waals surface area contributed by atoms with Crippen LogP contribution < -0.4 is 35.6 Å². The lowest BCUT2D eigenvalue weighted by Crippen LogP contribution is -2.31. The van der Waals surface area contributed by atoms with Crippen molar-refractivity contribution in [1.29, 1.82) is 0 Å². The molecule has 3 N–H and O–H groups in total. The molecular weight excluding hydrogens is 588 g/mol. The Labute approximate surface area is 267 Å². The van der Waals surface area contributed by atoms with E-state index in [4.69, 9.17) is 14.2 Å². The number of rotatable bonds is 13. The van der Waals surface area contributed by atoms with Crippen molar-refractivity contribution < 1.29 is 23.8 Å². The normalized spacial score (nSPS) is 13.6. The van der Waals surface area contributed by atoms with Crippen molar-refractivity contribution >= 4 is 23.1 Å². The number of amides is 2. The van der Waals surface area contributed by atoms with Gasteiger partial charge in [0.25, 0.3) is 0 Å². The molecule has 0 unspecified atom stereocenters. The number of carbonyl (C=O) groups is 2. The number of unbranched alkanes of at least 4 members (excludes halogenated alkanes) is 2. The van der Waals surface area contributed by atoms with E-state index in [1.807, 2.05) is 40.9 Å². The van der Waals surface area contributed by atoms with E-state index in [1.165, 1.54) is 13.0 Å². The van der Waals surface area contributed by atoms with Gasteiger partial charge in [0.1, 0.15) is 5.82 Å². The Morgan fingerprint density at radius 1 is 0.978 bits per heavy atom. The van der Waals surface area contributed by atoms with E-state index in [1.54, 1.807) is 27.4 Å². The molecule has 0 saturated heterocycles. The lowest BCUT2D eigenvalue weighted by molar-refractivity contribution is -0.120. The van der Waals surface area contributed by atoms with Gasteiger partial charge >= 0.3 is 0 Å². The van der Waals surface area contributed by atoms with Crippen molar-refractivity contribution in [1.82, 2.24) is 25.2 Å². The van der Waals surface area contributed by atoms with Crippen LogP contribution in [0.3, 0.4) is 0 Å². The lowest BCUT2D eigenvalue weighted by atomic mass is 9.95. The van der Waals surface area contributed by atoms with Gasteiger partial charge in [0.15, 0.2) is 17.1 Å². The van der Waals surface area contributed by atoms with Crippen LogP contribution in [0.15, 0.2) is 53.5 Å². The number of aromatic nitrogens is 3. The van der Waals surface area contributed by atoms with Crippen LogP contribution in [0.4, 0.5) is 5.69 Å². The number of fused-ring (bicyclic) bond motifs is 4. The van der Waals surface area contributed by atoms with E-state index in [9.17, 15) is 14.4 Å². The summed E-state index contributed by atoms with van der Waals surface area (Å²) in [5.41, 5.74) is 3.88. The van der Waals surface area contributed by atoms with Crippen LogP contribution in [0, 0.1) is 0 Å². The molecule has 1 aliphatic rings. The molecule has 5 rings (SSSR count). The first-order chi connectivity index (χ1) is 22.3. The van der Waals surface area contributed by atoms with Crippen molar-refractivity contribution in [2.45, 2.75) is 51.5 Å². The molecule has 2 aromatic heterocycles. The summed E-state index contributed by atoms with van der Waals surface area (Å²) in [6.45, 7) is 1.92. The minimum absolute atomic E-state index is 0.0598. The smallest absolute Gasteiger partial charge is 0.239 e. The molecule has 0 radical (unpaired) electrons. The van der Waals surface area contributed by atoms with Crippen molar-refractivity contribution in [3.05, 3.63) is 75.8 Å².